The fourth-order valence-electron chi connectivity index (χ4n) is 3.22. The van der Waals surface area contributed by atoms with Gasteiger partial charge in [-0.15, -0.1) is 4.40 Å². The molecule has 0 aliphatic carbocycles. The number of amides is 2. The topological polar surface area (TPSA) is 126 Å². The van der Waals surface area contributed by atoms with Gasteiger partial charge in [0.2, 0.25) is 0 Å². The molecular formula is C16H23N5O4S. The number of nitrogens with two attached hydrogens (primary N) is 1. The summed E-state index contributed by atoms with van der Waals surface area (Å²) in [6.07, 6.45) is 2.85. The molecule has 2 aliphatic heterocycles. The van der Waals surface area contributed by atoms with E-state index in [1.165, 1.54) is 0 Å². The van der Waals surface area contributed by atoms with Gasteiger partial charge >= 0.3 is 16.2 Å². The number of ether oxygens (including phenoxy) is 1. The average Bonchev–Trinajstić information content (AvgIpc) is 2.59. The number of anilines is 1. The quantitative estimate of drug-likeness (QED) is 0.718. The van der Waals surface area contributed by atoms with Crippen LogP contribution >= 0.6 is 0 Å². The normalized spacial score (nSPS) is 21.2. The molecule has 0 aromatic heterocycles. The Morgan fingerprint density at radius 3 is 3.04 bits per heavy atom. The Labute approximate surface area is 152 Å². The Bertz CT molecular complexity index is 824. The van der Waals surface area contributed by atoms with Crippen molar-refractivity contribution in [1.82, 2.24) is 10.2 Å². The molecule has 26 heavy (non-hydrogen) atoms. The third-order valence-electron chi connectivity index (χ3n) is 4.39. The highest BCUT2D eigenvalue weighted by molar-refractivity contribution is 7.91. The van der Waals surface area contributed by atoms with Gasteiger partial charge in [0.25, 0.3) is 0 Å². The molecule has 0 radical (unpaired) electrons. The Balaban J connectivity index is 1.77. The van der Waals surface area contributed by atoms with Gasteiger partial charge in [-0.25, -0.2) is 4.79 Å². The molecule has 1 fully saturated rings. The first-order valence-corrected chi connectivity index (χ1v) is 10.0. The van der Waals surface area contributed by atoms with Gasteiger partial charge in [0.15, 0.2) is 5.84 Å². The Kier molecular flexibility index (Phi) is 5.21. The summed E-state index contributed by atoms with van der Waals surface area (Å²) in [6.45, 7) is 3.44. The lowest BCUT2D eigenvalue weighted by molar-refractivity contribution is 0.116. The summed E-state index contributed by atoms with van der Waals surface area (Å²) in [5.74, 6) is 0.325. The summed E-state index contributed by atoms with van der Waals surface area (Å²) in [6, 6.07) is 4.84. The van der Waals surface area contributed by atoms with Gasteiger partial charge in [-0.2, -0.15) is 8.42 Å². The van der Waals surface area contributed by atoms with E-state index in [1.807, 2.05) is 6.92 Å². The molecule has 1 aromatic carbocycles. The number of nitrogens with zero attached hydrogens (tertiary/aromatic N) is 2. The van der Waals surface area contributed by atoms with E-state index in [-0.39, 0.29) is 17.9 Å². The zero-order chi connectivity index (χ0) is 18.7. The number of hydrogen-bond donors (Lipinski definition) is 3. The minimum atomic E-state index is -3.83. The van der Waals surface area contributed by atoms with Crippen molar-refractivity contribution in [2.75, 3.05) is 24.4 Å². The number of amidine groups is 1. The second kappa shape index (κ2) is 7.40. The van der Waals surface area contributed by atoms with Crippen LogP contribution in [0.5, 0.6) is 5.75 Å². The van der Waals surface area contributed by atoms with Crippen LogP contribution in [-0.2, 0) is 10.2 Å². The van der Waals surface area contributed by atoms with Crippen LogP contribution in [0.15, 0.2) is 22.6 Å². The van der Waals surface area contributed by atoms with E-state index in [4.69, 9.17) is 10.5 Å². The molecule has 0 saturated carbocycles. The van der Waals surface area contributed by atoms with E-state index in [0.29, 0.717) is 36.7 Å². The molecular weight excluding hydrogens is 358 g/mol. The molecule has 0 bridgehead atoms. The number of piperidine rings is 1. The Hall–Kier alpha value is -2.49. The first-order chi connectivity index (χ1) is 12.4. The summed E-state index contributed by atoms with van der Waals surface area (Å²) >= 11 is 0. The van der Waals surface area contributed by atoms with E-state index in [2.05, 4.69) is 14.4 Å². The highest BCUT2D eigenvalue weighted by atomic mass is 32.2. The number of benzene rings is 1. The fourth-order valence-corrected chi connectivity index (χ4v) is 4.06. The number of carbonyl (C=O) groups excluding carboxylic acids is 1. The lowest BCUT2D eigenvalue weighted by atomic mass is 10.0. The summed E-state index contributed by atoms with van der Waals surface area (Å²) < 4.78 is 35.0. The smallest absolute Gasteiger partial charge is 0.344 e. The SMILES string of the molecule is CCNC(=O)N1CCCC[C@H]1COc1cccc2c1C(N)=NS(=O)(=O)N2. The zero-order valence-corrected chi connectivity index (χ0v) is 15.4. The first kappa shape index (κ1) is 18.3. The number of nitrogens with one attached hydrogen (secondary N) is 2. The van der Waals surface area contributed by atoms with Crippen molar-refractivity contribution in [3.05, 3.63) is 23.8 Å². The van der Waals surface area contributed by atoms with Crippen LogP contribution < -0.4 is 20.5 Å². The maximum Gasteiger partial charge on any atom is 0.344 e. The Morgan fingerprint density at radius 1 is 1.46 bits per heavy atom. The predicted molar refractivity (Wildman–Crippen MR) is 98.6 cm³/mol. The first-order valence-electron chi connectivity index (χ1n) is 8.60. The number of carbonyl (C=O) groups is 1. The lowest BCUT2D eigenvalue weighted by Crippen LogP contribution is -2.50. The van der Waals surface area contributed by atoms with E-state index in [9.17, 15) is 13.2 Å². The third-order valence-corrected chi connectivity index (χ3v) is 5.30. The van der Waals surface area contributed by atoms with Gasteiger partial charge in [-0.05, 0) is 38.3 Å². The van der Waals surface area contributed by atoms with Crippen molar-refractivity contribution in [1.29, 1.82) is 0 Å². The van der Waals surface area contributed by atoms with Crippen molar-refractivity contribution in [3.63, 3.8) is 0 Å². The summed E-state index contributed by atoms with van der Waals surface area (Å²) in [5.41, 5.74) is 6.57. The number of urea groups is 1. The Morgan fingerprint density at radius 2 is 2.27 bits per heavy atom. The van der Waals surface area contributed by atoms with E-state index >= 15 is 0 Å². The minimum absolute atomic E-state index is 0.0513. The van der Waals surface area contributed by atoms with Crippen LogP contribution in [0.2, 0.25) is 0 Å². The van der Waals surface area contributed by atoms with Gasteiger partial charge in [0, 0.05) is 13.1 Å². The van der Waals surface area contributed by atoms with Crippen molar-refractivity contribution < 1.29 is 17.9 Å². The van der Waals surface area contributed by atoms with Crippen LogP contribution in [0, 0.1) is 0 Å². The van der Waals surface area contributed by atoms with E-state index < -0.39 is 10.2 Å². The second-order valence-electron chi connectivity index (χ2n) is 6.22. The van der Waals surface area contributed by atoms with E-state index in [0.717, 1.165) is 19.3 Å². The molecule has 2 heterocycles. The number of likely N-dealkylation sites (tertiary alicyclic amines) is 1. The molecule has 1 saturated heterocycles. The minimum Gasteiger partial charge on any atom is -0.491 e. The molecule has 2 amide bonds. The van der Waals surface area contributed by atoms with Crippen molar-refractivity contribution in [3.8, 4) is 5.75 Å². The van der Waals surface area contributed by atoms with Crippen LogP contribution in [0.4, 0.5) is 10.5 Å². The fraction of sp³-hybridized carbons (Fsp3) is 0.500. The van der Waals surface area contributed by atoms with Crippen LogP contribution in [0.3, 0.4) is 0 Å². The molecule has 10 heteroatoms. The highest BCUT2D eigenvalue weighted by Gasteiger charge is 2.28. The van der Waals surface area contributed by atoms with Crippen molar-refractivity contribution in [2.45, 2.75) is 32.2 Å². The predicted octanol–water partition coefficient (Wildman–Crippen LogP) is 1.02. The standard InChI is InChI=1S/C16H23N5O4S/c1-2-18-16(22)21-9-4-3-6-11(21)10-25-13-8-5-7-12-14(13)15(17)20-26(23,24)19-12/h5,7-8,11,19H,2-4,6,9-10H2,1H3,(H2,17,20)(H,18,22)/t11-/m0/s1. The third kappa shape index (κ3) is 3.85. The zero-order valence-electron chi connectivity index (χ0n) is 14.6. The number of fused-ring (bicyclic) bond motifs is 1. The van der Waals surface area contributed by atoms with Crippen LogP contribution in [0.25, 0.3) is 0 Å². The molecule has 3 rings (SSSR count). The summed E-state index contributed by atoms with van der Waals surface area (Å²) in [7, 11) is -3.83. The monoisotopic (exact) mass is 381 g/mol. The average molecular weight is 381 g/mol. The molecule has 0 unspecified atom stereocenters. The molecule has 1 aromatic rings. The van der Waals surface area contributed by atoms with Crippen molar-refractivity contribution in [2.24, 2.45) is 10.1 Å². The molecule has 9 nitrogen and oxygen atoms in total. The summed E-state index contributed by atoms with van der Waals surface area (Å²) in [4.78, 5) is 14.0. The maximum absolute atomic E-state index is 12.2. The van der Waals surface area contributed by atoms with Gasteiger partial charge in [0.05, 0.1) is 17.3 Å². The van der Waals surface area contributed by atoms with E-state index in [1.54, 1.807) is 23.1 Å². The van der Waals surface area contributed by atoms with Crippen LogP contribution in [-0.4, -0.2) is 50.9 Å². The summed E-state index contributed by atoms with van der Waals surface area (Å²) in [5, 5.41) is 2.83. The van der Waals surface area contributed by atoms with Gasteiger partial charge < -0.3 is 20.7 Å². The number of rotatable bonds is 4. The van der Waals surface area contributed by atoms with Crippen molar-refractivity contribution >= 4 is 27.8 Å². The molecule has 1 atom stereocenters. The molecule has 0 spiro atoms. The lowest BCUT2D eigenvalue weighted by Gasteiger charge is -2.35. The molecule has 2 aliphatic rings. The van der Waals surface area contributed by atoms with Crippen LogP contribution in [0.1, 0.15) is 31.7 Å². The second-order valence-corrected chi connectivity index (χ2v) is 7.56. The van der Waals surface area contributed by atoms with Gasteiger partial charge in [0.1, 0.15) is 12.4 Å². The maximum atomic E-state index is 12.2. The van der Waals surface area contributed by atoms with Gasteiger partial charge in [-0.3, -0.25) is 4.72 Å². The molecule has 4 N–H and O–H groups in total. The van der Waals surface area contributed by atoms with Gasteiger partial charge in [-0.1, -0.05) is 6.07 Å². The number of hydrogen-bond acceptors (Lipinski definition) is 5. The highest BCUT2D eigenvalue weighted by Crippen LogP contribution is 2.31. The molecule has 142 valence electrons. The largest absolute Gasteiger partial charge is 0.491 e.